The molecular weight excluding hydrogens is 330 g/mol. The van der Waals surface area contributed by atoms with Gasteiger partial charge in [0.25, 0.3) is 0 Å². The summed E-state index contributed by atoms with van der Waals surface area (Å²) in [6.07, 6.45) is 1.34. The first kappa shape index (κ1) is 18.4. The van der Waals surface area contributed by atoms with Crippen LogP contribution in [0.3, 0.4) is 0 Å². The number of carbonyl (C=O) groups is 2. The SMILES string of the molecule is Cc1cc(N2CCCC2=O)ccc1S(=O)(=O)N(C)CC(=O)N(C)C. The Hall–Kier alpha value is -1.93. The summed E-state index contributed by atoms with van der Waals surface area (Å²) < 4.78 is 26.4. The lowest BCUT2D eigenvalue weighted by Crippen LogP contribution is -2.38. The Kier molecular flexibility index (Phi) is 5.29. The fraction of sp³-hybridized carbons (Fsp3) is 0.500. The zero-order chi connectivity index (χ0) is 18.1. The van der Waals surface area contributed by atoms with Crippen LogP contribution in [0.1, 0.15) is 18.4 Å². The maximum absolute atomic E-state index is 12.7. The number of amides is 2. The Morgan fingerprint density at radius 2 is 1.92 bits per heavy atom. The van der Waals surface area contributed by atoms with E-state index in [1.807, 2.05) is 0 Å². The van der Waals surface area contributed by atoms with E-state index < -0.39 is 10.0 Å². The highest BCUT2D eigenvalue weighted by atomic mass is 32.2. The van der Waals surface area contributed by atoms with Crippen LogP contribution in [-0.2, 0) is 19.6 Å². The number of aryl methyl sites for hydroxylation is 1. The summed E-state index contributed by atoms with van der Waals surface area (Å²) >= 11 is 0. The first-order valence-corrected chi connectivity index (χ1v) is 9.16. The van der Waals surface area contributed by atoms with Crippen molar-refractivity contribution in [1.29, 1.82) is 0 Å². The molecule has 24 heavy (non-hydrogen) atoms. The summed E-state index contributed by atoms with van der Waals surface area (Å²) in [6.45, 7) is 2.13. The molecule has 2 amide bonds. The molecule has 7 nitrogen and oxygen atoms in total. The molecule has 0 unspecified atom stereocenters. The molecule has 0 aromatic heterocycles. The van der Waals surface area contributed by atoms with Gasteiger partial charge in [0, 0.05) is 39.8 Å². The molecule has 0 spiro atoms. The molecule has 0 radical (unpaired) electrons. The van der Waals surface area contributed by atoms with Gasteiger partial charge in [0.2, 0.25) is 21.8 Å². The first-order valence-electron chi connectivity index (χ1n) is 7.72. The van der Waals surface area contributed by atoms with Crippen molar-refractivity contribution in [2.24, 2.45) is 0 Å². The predicted octanol–water partition coefficient (Wildman–Crippen LogP) is 0.831. The number of carbonyl (C=O) groups excluding carboxylic acids is 2. The standard InChI is InChI=1S/C16H23N3O4S/c1-12-10-13(19-9-5-6-15(19)20)7-8-14(12)24(22,23)18(4)11-16(21)17(2)3/h7-8,10H,5-6,9,11H2,1-4H3. The third kappa shape index (κ3) is 3.59. The number of nitrogens with zero attached hydrogens (tertiary/aromatic N) is 3. The topological polar surface area (TPSA) is 78.0 Å². The lowest BCUT2D eigenvalue weighted by Gasteiger charge is -2.21. The lowest BCUT2D eigenvalue weighted by atomic mass is 10.2. The fourth-order valence-electron chi connectivity index (χ4n) is 2.60. The Bertz CT molecular complexity index is 759. The van der Waals surface area contributed by atoms with E-state index in [0.29, 0.717) is 24.2 Å². The van der Waals surface area contributed by atoms with Gasteiger partial charge in [-0.3, -0.25) is 9.59 Å². The van der Waals surface area contributed by atoms with E-state index in [-0.39, 0.29) is 23.3 Å². The largest absolute Gasteiger partial charge is 0.348 e. The molecule has 2 rings (SSSR count). The summed E-state index contributed by atoms with van der Waals surface area (Å²) in [5.41, 5.74) is 1.26. The highest BCUT2D eigenvalue weighted by molar-refractivity contribution is 7.89. The molecule has 1 heterocycles. The van der Waals surface area contributed by atoms with Gasteiger partial charge < -0.3 is 9.80 Å². The molecule has 0 aliphatic carbocycles. The molecule has 8 heteroatoms. The van der Waals surface area contributed by atoms with E-state index in [9.17, 15) is 18.0 Å². The van der Waals surface area contributed by atoms with Crippen LogP contribution in [0.15, 0.2) is 23.1 Å². The molecular formula is C16H23N3O4S. The van der Waals surface area contributed by atoms with E-state index in [2.05, 4.69) is 0 Å². The third-order valence-corrected chi connectivity index (χ3v) is 6.05. The van der Waals surface area contributed by atoms with E-state index in [1.54, 1.807) is 38.1 Å². The van der Waals surface area contributed by atoms with Gasteiger partial charge in [0.05, 0.1) is 11.4 Å². The normalized spacial score (nSPS) is 15.2. The van der Waals surface area contributed by atoms with Gasteiger partial charge in [0.1, 0.15) is 0 Å². The Labute approximate surface area is 142 Å². The summed E-state index contributed by atoms with van der Waals surface area (Å²) in [5.74, 6) is -0.239. The highest BCUT2D eigenvalue weighted by Crippen LogP contribution is 2.27. The summed E-state index contributed by atoms with van der Waals surface area (Å²) in [5, 5.41) is 0. The molecule has 1 aliphatic rings. The number of benzene rings is 1. The van der Waals surface area contributed by atoms with Crippen molar-refractivity contribution in [3.63, 3.8) is 0 Å². The van der Waals surface area contributed by atoms with Crippen LogP contribution in [0.25, 0.3) is 0 Å². The Morgan fingerprint density at radius 3 is 2.42 bits per heavy atom. The molecule has 1 saturated heterocycles. The fourth-order valence-corrected chi connectivity index (χ4v) is 3.92. The zero-order valence-electron chi connectivity index (χ0n) is 14.4. The second-order valence-electron chi connectivity index (χ2n) is 6.15. The molecule has 1 aliphatic heterocycles. The number of likely N-dealkylation sites (N-methyl/N-ethyl adjacent to an activating group) is 2. The van der Waals surface area contributed by atoms with Gasteiger partial charge >= 0.3 is 0 Å². The minimum Gasteiger partial charge on any atom is -0.348 e. The van der Waals surface area contributed by atoms with Crippen LogP contribution < -0.4 is 4.90 Å². The molecule has 1 fully saturated rings. The number of anilines is 1. The summed E-state index contributed by atoms with van der Waals surface area (Å²) in [7, 11) is 0.772. The second-order valence-corrected chi connectivity index (χ2v) is 8.16. The average Bonchev–Trinajstić information content (AvgIpc) is 2.92. The van der Waals surface area contributed by atoms with Crippen molar-refractivity contribution in [2.45, 2.75) is 24.7 Å². The predicted molar refractivity (Wildman–Crippen MR) is 91.3 cm³/mol. The third-order valence-electron chi connectivity index (χ3n) is 4.09. The molecule has 0 saturated carbocycles. The van der Waals surface area contributed by atoms with Gasteiger partial charge in [-0.2, -0.15) is 4.31 Å². The summed E-state index contributed by atoms with van der Waals surface area (Å²) in [4.78, 5) is 26.7. The number of rotatable bonds is 5. The van der Waals surface area contributed by atoms with Crippen LogP contribution in [0.5, 0.6) is 0 Å². The number of sulfonamides is 1. The molecule has 132 valence electrons. The number of hydrogen-bond acceptors (Lipinski definition) is 4. The molecule has 0 N–H and O–H groups in total. The van der Waals surface area contributed by atoms with Crippen LogP contribution in [0.4, 0.5) is 5.69 Å². The second kappa shape index (κ2) is 6.90. The maximum Gasteiger partial charge on any atom is 0.243 e. The minimum absolute atomic E-state index is 0.0544. The monoisotopic (exact) mass is 353 g/mol. The highest BCUT2D eigenvalue weighted by Gasteiger charge is 2.27. The van der Waals surface area contributed by atoms with Crippen LogP contribution in [0.2, 0.25) is 0 Å². The average molecular weight is 353 g/mol. The van der Waals surface area contributed by atoms with Gasteiger partial charge in [-0.15, -0.1) is 0 Å². The Morgan fingerprint density at radius 1 is 1.25 bits per heavy atom. The zero-order valence-corrected chi connectivity index (χ0v) is 15.3. The Balaban J connectivity index is 2.27. The number of hydrogen-bond donors (Lipinski definition) is 0. The van der Waals surface area contributed by atoms with Crippen molar-refractivity contribution in [1.82, 2.24) is 9.21 Å². The molecule has 1 aromatic carbocycles. The molecule has 0 bridgehead atoms. The van der Waals surface area contributed by atoms with Gasteiger partial charge in [-0.05, 0) is 37.1 Å². The first-order chi connectivity index (χ1) is 11.1. The van der Waals surface area contributed by atoms with Crippen molar-refractivity contribution >= 4 is 27.5 Å². The van der Waals surface area contributed by atoms with Crippen LogP contribution >= 0.6 is 0 Å². The maximum atomic E-state index is 12.7. The molecule has 1 aromatic rings. The van der Waals surface area contributed by atoms with Gasteiger partial charge in [-0.1, -0.05) is 0 Å². The van der Waals surface area contributed by atoms with E-state index in [1.165, 1.54) is 18.0 Å². The van der Waals surface area contributed by atoms with Crippen LogP contribution in [0, 0.1) is 6.92 Å². The van der Waals surface area contributed by atoms with Crippen molar-refractivity contribution in [3.05, 3.63) is 23.8 Å². The van der Waals surface area contributed by atoms with E-state index >= 15 is 0 Å². The van der Waals surface area contributed by atoms with E-state index in [4.69, 9.17) is 0 Å². The smallest absolute Gasteiger partial charge is 0.243 e. The lowest BCUT2D eigenvalue weighted by molar-refractivity contribution is -0.128. The van der Waals surface area contributed by atoms with E-state index in [0.717, 1.165) is 10.7 Å². The van der Waals surface area contributed by atoms with Gasteiger partial charge in [-0.25, -0.2) is 8.42 Å². The molecule has 0 atom stereocenters. The minimum atomic E-state index is -3.77. The quantitative estimate of drug-likeness (QED) is 0.785. The van der Waals surface area contributed by atoms with Crippen molar-refractivity contribution in [2.75, 3.05) is 39.1 Å². The van der Waals surface area contributed by atoms with Crippen molar-refractivity contribution < 1.29 is 18.0 Å². The van der Waals surface area contributed by atoms with Gasteiger partial charge in [0.15, 0.2) is 0 Å². The van der Waals surface area contributed by atoms with Crippen LogP contribution in [-0.4, -0.2) is 63.7 Å². The van der Waals surface area contributed by atoms with Crippen molar-refractivity contribution in [3.8, 4) is 0 Å². The summed E-state index contributed by atoms with van der Waals surface area (Å²) in [6, 6.07) is 4.85.